The summed E-state index contributed by atoms with van der Waals surface area (Å²) < 4.78 is 0. The van der Waals surface area contributed by atoms with Crippen molar-refractivity contribution in [1.29, 1.82) is 0 Å². The summed E-state index contributed by atoms with van der Waals surface area (Å²) in [5, 5.41) is 0. The van der Waals surface area contributed by atoms with Crippen LogP contribution >= 0.6 is 0 Å². The van der Waals surface area contributed by atoms with Gasteiger partial charge in [0.15, 0.2) is 0 Å². The Bertz CT molecular complexity index is 55.2. The van der Waals surface area contributed by atoms with Gasteiger partial charge in [0.2, 0.25) is 0 Å². The van der Waals surface area contributed by atoms with Gasteiger partial charge in [0.05, 0.1) is 0 Å². The molecule has 0 aliphatic heterocycles. The second-order valence-corrected chi connectivity index (χ2v) is 2.51. The second kappa shape index (κ2) is 1.83. The van der Waals surface area contributed by atoms with E-state index in [1.807, 2.05) is 0 Å². The first-order chi connectivity index (χ1) is 3.33. The first-order valence-electron chi connectivity index (χ1n) is 3.08. The molecule has 0 aromatic rings. The summed E-state index contributed by atoms with van der Waals surface area (Å²) >= 11 is 0. The molecular weight excluding hydrogens is 86.1 g/mol. The van der Waals surface area contributed by atoms with Crippen molar-refractivity contribution in [3.63, 3.8) is 0 Å². The molecule has 1 fully saturated rings. The number of nitrogens with two attached hydrogens (primary N) is 1. The topological polar surface area (TPSA) is 26.0 Å². The molecule has 1 saturated carbocycles. The van der Waals surface area contributed by atoms with Crippen molar-refractivity contribution in [2.24, 2.45) is 11.7 Å². The standard InChI is InChI=1S/C6H13N/c1-2-5-3-6(7)4-5/h5-6H,2-4,7H2,1H3/t5-,6-. The highest BCUT2D eigenvalue weighted by atomic mass is 14.7. The van der Waals surface area contributed by atoms with Crippen molar-refractivity contribution in [1.82, 2.24) is 0 Å². The Morgan fingerprint density at radius 2 is 2.14 bits per heavy atom. The van der Waals surface area contributed by atoms with Crippen LogP contribution in [-0.4, -0.2) is 6.04 Å². The minimum absolute atomic E-state index is 0.546. The van der Waals surface area contributed by atoms with E-state index in [0.29, 0.717) is 6.04 Å². The summed E-state index contributed by atoms with van der Waals surface area (Å²) in [5.41, 5.74) is 5.54. The molecule has 7 heavy (non-hydrogen) atoms. The molecule has 0 bridgehead atoms. The van der Waals surface area contributed by atoms with Gasteiger partial charge in [-0.05, 0) is 18.8 Å². The maximum atomic E-state index is 5.54. The Morgan fingerprint density at radius 3 is 2.29 bits per heavy atom. The van der Waals surface area contributed by atoms with Crippen LogP contribution in [0.5, 0.6) is 0 Å². The van der Waals surface area contributed by atoms with E-state index in [4.69, 9.17) is 5.73 Å². The van der Waals surface area contributed by atoms with Crippen molar-refractivity contribution < 1.29 is 0 Å². The molecule has 0 saturated heterocycles. The molecule has 0 radical (unpaired) electrons. The summed E-state index contributed by atoms with van der Waals surface area (Å²) in [7, 11) is 0. The van der Waals surface area contributed by atoms with Crippen molar-refractivity contribution in [3.8, 4) is 0 Å². The van der Waals surface area contributed by atoms with Crippen LogP contribution in [0.2, 0.25) is 0 Å². The van der Waals surface area contributed by atoms with Crippen molar-refractivity contribution in [3.05, 3.63) is 0 Å². The Balaban J connectivity index is 2.06. The van der Waals surface area contributed by atoms with E-state index in [0.717, 1.165) is 5.92 Å². The number of rotatable bonds is 1. The summed E-state index contributed by atoms with van der Waals surface area (Å²) in [6.45, 7) is 2.23. The molecule has 1 heteroatoms. The molecule has 0 amide bonds. The van der Waals surface area contributed by atoms with Crippen LogP contribution < -0.4 is 5.73 Å². The fourth-order valence-corrected chi connectivity index (χ4v) is 1.12. The molecule has 1 aliphatic carbocycles. The third kappa shape index (κ3) is 0.942. The molecule has 0 unspecified atom stereocenters. The smallest absolute Gasteiger partial charge is 0.00441 e. The summed E-state index contributed by atoms with van der Waals surface area (Å²) in [6.07, 6.45) is 3.88. The monoisotopic (exact) mass is 99.1 g/mol. The average molecular weight is 99.2 g/mol. The lowest BCUT2D eigenvalue weighted by molar-refractivity contribution is 0.258. The third-order valence-electron chi connectivity index (χ3n) is 1.85. The predicted molar refractivity (Wildman–Crippen MR) is 31.0 cm³/mol. The lowest BCUT2D eigenvalue weighted by Gasteiger charge is -2.31. The van der Waals surface area contributed by atoms with Crippen molar-refractivity contribution in [2.45, 2.75) is 32.2 Å². The molecule has 1 aliphatic rings. The van der Waals surface area contributed by atoms with Crippen LogP contribution in [0.1, 0.15) is 26.2 Å². The minimum atomic E-state index is 0.546. The van der Waals surface area contributed by atoms with Crippen LogP contribution in [0.4, 0.5) is 0 Å². The number of hydrogen-bond acceptors (Lipinski definition) is 1. The van der Waals surface area contributed by atoms with Gasteiger partial charge in [0, 0.05) is 6.04 Å². The van der Waals surface area contributed by atoms with Gasteiger partial charge in [-0.15, -0.1) is 0 Å². The molecule has 0 spiro atoms. The Hall–Kier alpha value is -0.0400. The van der Waals surface area contributed by atoms with E-state index in [-0.39, 0.29) is 0 Å². The van der Waals surface area contributed by atoms with E-state index in [1.165, 1.54) is 19.3 Å². The molecule has 42 valence electrons. The lowest BCUT2D eigenvalue weighted by Crippen LogP contribution is -2.35. The van der Waals surface area contributed by atoms with Gasteiger partial charge in [0.25, 0.3) is 0 Å². The zero-order valence-corrected chi connectivity index (χ0v) is 4.85. The van der Waals surface area contributed by atoms with E-state index in [1.54, 1.807) is 0 Å². The van der Waals surface area contributed by atoms with Gasteiger partial charge in [0.1, 0.15) is 0 Å². The molecule has 0 atom stereocenters. The first-order valence-corrected chi connectivity index (χ1v) is 3.08. The zero-order chi connectivity index (χ0) is 5.28. The summed E-state index contributed by atoms with van der Waals surface area (Å²) in [4.78, 5) is 0. The van der Waals surface area contributed by atoms with Gasteiger partial charge >= 0.3 is 0 Å². The van der Waals surface area contributed by atoms with Crippen LogP contribution in [0.15, 0.2) is 0 Å². The molecular formula is C6H13N. The second-order valence-electron chi connectivity index (χ2n) is 2.51. The SMILES string of the molecule is CC[C@H]1C[C@H](N)C1. The maximum absolute atomic E-state index is 5.54. The highest BCUT2D eigenvalue weighted by Crippen LogP contribution is 2.27. The highest BCUT2D eigenvalue weighted by molar-refractivity contribution is 4.80. The highest BCUT2D eigenvalue weighted by Gasteiger charge is 2.23. The Kier molecular flexibility index (Phi) is 1.33. The van der Waals surface area contributed by atoms with Crippen LogP contribution in [0.25, 0.3) is 0 Å². The molecule has 2 N–H and O–H groups in total. The largest absolute Gasteiger partial charge is 0.328 e. The fraction of sp³-hybridized carbons (Fsp3) is 1.00. The molecule has 0 aromatic carbocycles. The van der Waals surface area contributed by atoms with Crippen molar-refractivity contribution in [2.75, 3.05) is 0 Å². The Morgan fingerprint density at radius 1 is 1.57 bits per heavy atom. The van der Waals surface area contributed by atoms with Gasteiger partial charge in [-0.2, -0.15) is 0 Å². The molecule has 0 aromatic heterocycles. The zero-order valence-electron chi connectivity index (χ0n) is 4.85. The third-order valence-corrected chi connectivity index (χ3v) is 1.85. The minimum Gasteiger partial charge on any atom is -0.328 e. The van der Waals surface area contributed by atoms with Crippen LogP contribution in [0.3, 0.4) is 0 Å². The van der Waals surface area contributed by atoms with E-state index in [9.17, 15) is 0 Å². The maximum Gasteiger partial charge on any atom is 0.00441 e. The molecule has 1 nitrogen and oxygen atoms in total. The number of hydrogen-bond donors (Lipinski definition) is 1. The van der Waals surface area contributed by atoms with Crippen LogP contribution in [-0.2, 0) is 0 Å². The predicted octanol–water partition coefficient (Wildman–Crippen LogP) is 1.13. The van der Waals surface area contributed by atoms with E-state index < -0.39 is 0 Å². The van der Waals surface area contributed by atoms with Crippen molar-refractivity contribution >= 4 is 0 Å². The lowest BCUT2D eigenvalue weighted by atomic mass is 9.79. The molecule has 0 heterocycles. The molecule has 1 rings (SSSR count). The van der Waals surface area contributed by atoms with E-state index >= 15 is 0 Å². The van der Waals surface area contributed by atoms with Gasteiger partial charge in [-0.3, -0.25) is 0 Å². The van der Waals surface area contributed by atoms with E-state index in [2.05, 4.69) is 6.92 Å². The quantitative estimate of drug-likeness (QED) is 0.524. The average Bonchev–Trinajstić information content (AvgIpc) is 1.58. The first kappa shape index (κ1) is 5.10. The summed E-state index contributed by atoms with van der Waals surface area (Å²) in [6, 6.07) is 0.546. The van der Waals surface area contributed by atoms with Gasteiger partial charge in [-0.1, -0.05) is 13.3 Å². The normalized spacial score (nSPS) is 40.3. The van der Waals surface area contributed by atoms with Crippen LogP contribution in [0, 0.1) is 5.92 Å². The summed E-state index contributed by atoms with van der Waals surface area (Å²) in [5.74, 6) is 0.968. The van der Waals surface area contributed by atoms with Gasteiger partial charge in [-0.25, -0.2) is 0 Å². The van der Waals surface area contributed by atoms with Gasteiger partial charge < -0.3 is 5.73 Å². The Labute approximate surface area is 44.9 Å². The fourth-order valence-electron chi connectivity index (χ4n) is 1.12.